The molecule has 0 aromatic heterocycles. The van der Waals surface area contributed by atoms with E-state index in [2.05, 4.69) is 5.32 Å². The molecule has 1 amide bonds. The minimum absolute atomic E-state index is 0.0676. The molecule has 24 heavy (non-hydrogen) atoms. The highest BCUT2D eigenvalue weighted by Gasteiger charge is 2.14. The smallest absolute Gasteiger partial charge is 0.336 e. The van der Waals surface area contributed by atoms with Crippen LogP contribution in [-0.4, -0.2) is 36.0 Å². The van der Waals surface area contributed by atoms with Gasteiger partial charge in [-0.1, -0.05) is 18.2 Å². The van der Waals surface area contributed by atoms with E-state index < -0.39 is 5.97 Å². The van der Waals surface area contributed by atoms with Crippen molar-refractivity contribution in [2.24, 2.45) is 0 Å². The maximum absolute atomic E-state index is 12.2. The van der Waals surface area contributed by atoms with Crippen molar-refractivity contribution in [2.45, 2.75) is 6.54 Å². The van der Waals surface area contributed by atoms with Crippen LogP contribution in [0.5, 0.6) is 0 Å². The number of aromatic carboxylic acids is 1. The highest BCUT2D eigenvalue weighted by Crippen LogP contribution is 2.19. The molecule has 0 bridgehead atoms. The van der Waals surface area contributed by atoms with Gasteiger partial charge in [0.1, 0.15) is 0 Å². The summed E-state index contributed by atoms with van der Waals surface area (Å²) in [6.45, 7) is 0.227. The van der Waals surface area contributed by atoms with E-state index in [-0.39, 0.29) is 18.0 Å². The summed E-state index contributed by atoms with van der Waals surface area (Å²) in [7, 11) is 3.34. The average molecular weight is 323 g/mol. The number of nitrogens with zero attached hydrogens (tertiary/aromatic N) is 2. The number of benzene rings is 2. The first-order chi connectivity index (χ1) is 11.4. The Morgan fingerprint density at radius 3 is 2.50 bits per heavy atom. The summed E-state index contributed by atoms with van der Waals surface area (Å²) in [4.78, 5) is 25.0. The summed E-state index contributed by atoms with van der Waals surface area (Å²) < 4.78 is 0. The van der Waals surface area contributed by atoms with E-state index >= 15 is 0 Å². The Bertz CT molecular complexity index is 822. The van der Waals surface area contributed by atoms with Crippen LogP contribution in [0.25, 0.3) is 0 Å². The summed E-state index contributed by atoms with van der Waals surface area (Å²) >= 11 is 0. The summed E-state index contributed by atoms with van der Waals surface area (Å²) in [5, 5.41) is 21.3. The molecule has 2 aromatic rings. The van der Waals surface area contributed by atoms with E-state index in [9.17, 15) is 14.7 Å². The maximum Gasteiger partial charge on any atom is 0.336 e. The van der Waals surface area contributed by atoms with Gasteiger partial charge in [-0.2, -0.15) is 5.26 Å². The topological polar surface area (TPSA) is 93.4 Å². The van der Waals surface area contributed by atoms with Crippen LogP contribution in [0.1, 0.15) is 31.8 Å². The van der Waals surface area contributed by atoms with Crippen molar-refractivity contribution < 1.29 is 14.7 Å². The highest BCUT2D eigenvalue weighted by atomic mass is 16.4. The molecule has 0 aliphatic heterocycles. The fourth-order valence-electron chi connectivity index (χ4n) is 2.25. The molecule has 2 aromatic carbocycles. The van der Waals surface area contributed by atoms with Crippen molar-refractivity contribution >= 4 is 17.6 Å². The van der Waals surface area contributed by atoms with Crippen LogP contribution in [-0.2, 0) is 6.54 Å². The lowest BCUT2D eigenvalue weighted by Crippen LogP contribution is -2.23. The lowest BCUT2D eigenvalue weighted by Gasteiger charge is -2.16. The number of para-hydroxylation sites is 1. The van der Waals surface area contributed by atoms with Crippen molar-refractivity contribution in [3.8, 4) is 6.07 Å². The second-order valence-electron chi connectivity index (χ2n) is 5.39. The molecule has 6 nitrogen and oxygen atoms in total. The molecule has 0 radical (unpaired) electrons. The lowest BCUT2D eigenvalue weighted by atomic mass is 10.0. The van der Waals surface area contributed by atoms with Gasteiger partial charge in [-0.25, -0.2) is 4.79 Å². The Balaban J connectivity index is 2.28. The molecular weight excluding hydrogens is 306 g/mol. The zero-order chi connectivity index (χ0) is 17.7. The van der Waals surface area contributed by atoms with Gasteiger partial charge in [-0.15, -0.1) is 0 Å². The summed E-state index contributed by atoms with van der Waals surface area (Å²) in [5.74, 6) is -1.24. The first kappa shape index (κ1) is 17.0. The first-order valence-electron chi connectivity index (χ1n) is 7.25. The van der Waals surface area contributed by atoms with Gasteiger partial charge in [0.15, 0.2) is 0 Å². The average Bonchev–Trinajstić information content (AvgIpc) is 2.59. The molecule has 0 aliphatic rings. The van der Waals surface area contributed by atoms with Crippen LogP contribution in [0.4, 0.5) is 5.69 Å². The SMILES string of the molecule is CN(C)C(=O)c1ccccc1NCc1ccc(C#N)cc1C(=O)O. The van der Waals surface area contributed by atoms with E-state index in [1.54, 1.807) is 50.5 Å². The molecule has 0 saturated heterocycles. The molecule has 0 fully saturated rings. The van der Waals surface area contributed by atoms with Crippen molar-refractivity contribution in [1.82, 2.24) is 4.90 Å². The Hall–Kier alpha value is -3.33. The molecule has 2 rings (SSSR count). The number of carboxylic acid groups (broad SMARTS) is 1. The summed E-state index contributed by atoms with van der Waals surface area (Å²) in [5.41, 5.74) is 2.02. The molecule has 0 spiro atoms. The second-order valence-corrected chi connectivity index (χ2v) is 5.39. The number of carbonyl (C=O) groups is 2. The fraction of sp³-hybridized carbons (Fsp3) is 0.167. The molecule has 6 heteroatoms. The standard InChI is InChI=1S/C18H17N3O3/c1-21(2)17(22)14-5-3-4-6-16(14)20-11-13-8-7-12(10-19)9-15(13)18(23)24/h3-9,20H,11H2,1-2H3,(H,23,24). The highest BCUT2D eigenvalue weighted by molar-refractivity contribution is 5.99. The number of carbonyl (C=O) groups excluding carboxylic acids is 1. The van der Waals surface area contributed by atoms with Gasteiger partial charge < -0.3 is 15.3 Å². The molecule has 0 heterocycles. The number of anilines is 1. The van der Waals surface area contributed by atoms with Crippen molar-refractivity contribution in [3.05, 3.63) is 64.7 Å². The lowest BCUT2D eigenvalue weighted by molar-refractivity contribution is 0.0695. The van der Waals surface area contributed by atoms with Gasteiger partial charge in [0.25, 0.3) is 5.91 Å². The minimum Gasteiger partial charge on any atom is -0.478 e. The molecule has 0 unspecified atom stereocenters. The van der Waals surface area contributed by atoms with E-state index in [4.69, 9.17) is 5.26 Å². The Labute approximate surface area is 139 Å². The number of nitrogens with one attached hydrogen (secondary N) is 1. The van der Waals surface area contributed by atoms with Gasteiger partial charge in [-0.05, 0) is 29.8 Å². The third-order valence-electron chi connectivity index (χ3n) is 3.50. The van der Waals surface area contributed by atoms with Gasteiger partial charge in [0.05, 0.1) is 22.8 Å². The number of amides is 1. The molecule has 2 N–H and O–H groups in total. The Morgan fingerprint density at radius 2 is 1.88 bits per heavy atom. The first-order valence-corrected chi connectivity index (χ1v) is 7.25. The van der Waals surface area contributed by atoms with Gasteiger partial charge in [-0.3, -0.25) is 4.79 Å². The quantitative estimate of drug-likeness (QED) is 0.882. The van der Waals surface area contributed by atoms with Crippen LogP contribution < -0.4 is 5.32 Å². The van der Waals surface area contributed by atoms with Crippen molar-refractivity contribution in [3.63, 3.8) is 0 Å². The molecule has 0 aliphatic carbocycles. The van der Waals surface area contributed by atoms with Crippen LogP contribution in [0.15, 0.2) is 42.5 Å². The molecule has 0 atom stereocenters. The number of carboxylic acids is 1. The predicted octanol–water partition coefficient (Wildman–Crippen LogP) is 2.57. The fourth-order valence-corrected chi connectivity index (χ4v) is 2.25. The Morgan fingerprint density at radius 1 is 1.17 bits per heavy atom. The third-order valence-corrected chi connectivity index (χ3v) is 3.50. The molecule has 122 valence electrons. The van der Waals surface area contributed by atoms with E-state index in [1.165, 1.54) is 11.0 Å². The van der Waals surface area contributed by atoms with E-state index in [0.29, 0.717) is 22.4 Å². The van der Waals surface area contributed by atoms with Gasteiger partial charge in [0, 0.05) is 26.3 Å². The summed E-state index contributed by atoms with van der Waals surface area (Å²) in [6.07, 6.45) is 0. The number of hydrogen-bond acceptors (Lipinski definition) is 4. The number of rotatable bonds is 5. The van der Waals surface area contributed by atoms with Crippen LogP contribution in [0.3, 0.4) is 0 Å². The normalized spacial score (nSPS) is 9.88. The molecule has 0 saturated carbocycles. The van der Waals surface area contributed by atoms with Crippen molar-refractivity contribution in [1.29, 1.82) is 5.26 Å². The van der Waals surface area contributed by atoms with Crippen LogP contribution in [0.2, 0.25) is 0 Å². The van der Waals surface area contributed by atoms with E-state index in [0.717, 1.165) is 0 Å². The zero-order valence-corrected chi connectivity index (χ0v) is 13.4. The van der Waals surface area contributed by atoms with Gasteiger partial charge in [0.2, 0.25) is 0 Å². The predicted molar refractivity (Wildman–Crippen MR) is 89.9 cm³/mol. The third kappa shape index (κ3) is 3.70. The van der Waals surface area contributed by atoms with Crippen LogP contribution in [0, 0.1) is 11.3 Å². The largest absolute Gasteiger partial charge is 0.478 e. The second kappa shape index (κ2) is 7.29. The van der Waals surface area contributed by atoms with Crippen LogP contribution >= 0.6 is 0 Å². The Kier molecular flexibility index (Phi) is 5.17. The summed E-state index contributed by atoms with van der Waals surface area (Å²) in [6, 6.07) is 13.5. The maximum atomic E-state index is 12.2. The van der Waals surface area contributed by atoms with Gasteiger partial charge >= 0.3 is 5.97 Å². The monoisotopic (exact) mass is 323 g/mol. The van der Waals surface area contributed by atoms with Crippen molar-refractivity contribution in [2.75, 3.05) is 19.4 Å². The zero-order valence-electron chi connectivity index (χ0n) is 13.4. The number of nitriles is 1. The number of hydrogen-bond donors (Lipinski definition) is 2. The minimum atomic E-state index is -1.10. The molecular formula is C18H17N3O3. The van der Waals surface area contributed by atoms with E-state index in [1.807, 2.05) is 6.07 Å².